The van der Waals surface area contributed by atoms with Crippen LogP contribution >= 0.6 is 15.9 Å². The molecule has 0 saturated heterocycles. The lowest BCUT2D eigenvalue weighted by atomic mass is 10.1. The molecule has 3 nitrogen and oxygen atoms in total. The summed E-state index contributed by atoms with van der Waals surface area (Å²) in [6, 6.07) is 5.74. The van der Waals surface area contributed by atoms with Gasteiger partial charge < -0.3 is 0 Å². The summed E-state index contributed by atoms with van der Waals surface area (Å²) in [6.07, 6.45) is 1.57. The molecule has 0 N–H and O–H groups in total. The van der Waals surface area contributed by atoms with Crippen LogP contribution in [0.4, 0.5) is 5.69 Å². The predicted molar refractivity (Wildman–Crippen MR) is 73.3 cm³/mol. The monoisotopic (exact) mass is 307 g/mol. The maximum absolute atomic E-state index is 12.5. The average Bonchev–Trinajstić information content (AvgIpc) is 3.07. The summed E-state index contributed by atoms with van der Waals surface area (Å²) in [6.45, 7) is 3.76. The first-order valence-electron chi connectivity index (χ1n) is 6.11. The van der Waals surface area contributed by atoms with Crippen LogP contribution in [0.5, 0.6) is 0 Å². The van der Waals surface area contributed by atoms with E-state index in [4.69, 9.17) is 0 Å². The van der Waals surface area contributed by atoms with E-state index >= 15 is 0 Å². The van der Waals surface area contributed by atoms with E-state index in [-0.39, 0.29) is 16.5 Å². The molecule has 0 aromatic heterocycles. The standard InChI is InChI=1S/C14H14BrNO2/c1-8-3-4-11-10(7-8)12(17)14(5-6-14)16(11)13(18)9(2)15/h3-4,7,9H,5-6H2,1-2H3. The van der Waals surface area contributed by atoms with E-state index in [2.05, 4.69) is 15.9 Å². The van der Waals surface area contributed by atoms with Gasteiger partial charge in [-0.15, -0.1) is 0 Å². The Bertz CT molecular complexity index is 561. The highest BCUT2D eigenvalue weighted by Gasteiger charge is 2.62. The minimum atomic E-state index is -0.560. The number of carbonyl (C=O) groups is 2. The zero-order chi connectivity index (χ0) is 13.1. The zero-order valence-corrected chi connectivity index (χ0v) is 12.0. The second kappa shape index (κ2) is 3.67. The number of aryl methyl sites for hydroxylation is 1. The summed E-state index contributed by atoms with van der Waals surface area (Å²) < 4.78 is 0. The largest absolute Gasteiger partial charge is 0.297 e. The van der Waals surface area contributed by atoms with Crippen LogP contribution in [0.1, 0.15) is 35.7 Å². The number of nitrogens with zero attached hydrogens (tertiary/aromatic N) is 1. The smallest absolute Gasteiger partial charge is 0.241 e. The molecule has 94 valence electrons. The first-order valence-corrected chi connectivity index (χ1v) is 7.02. The van der Waals surface area contributed by atoms with Gasteiger partial charge in [0.25, 0.3) is 0 Å². The Morgan fingerprint density at radius 1 is 1.44 bits per heavy atom. The highest BCUT2D eigenvalue weighted by Crippen LogP contribution is 2.53. The van der Waals surface area contributed by atoms with Gasteiger partial charge in [0, 0.05) is 5.56 Å². The lowest BCUT2D eigenvalue weighted by molar-refractivity contribution is -0.118. The third kappa shape index (κ3) is 1.41. The highest BCUT2D eigenvalue weighted by atomic mass is 79.9. The van der Waals surface area contributed by atoms with Gasteiger partial charge >= 0.3 is 0 Å². The molecule has 0 radical (unpaired) electrons. The molecule has 18 heavy (non-hydrogen) atoms. The lowest BCUT2D eigenvalue weighted by Crippen LogP contribution is -2.45. The molecule has 1 aliphatic heterocycles. The maximum Gasteiger partial charge on any atom is 0.241 e. The van der Waals surface area contributed by atoms with Gasteiger partial charge in [0.15, 0.2) is 5.78 Å². The van der Waals surface area contributed by atoms with E-state index < -0.39 is 5.54 Å². The second-order valence-corrected chi connectivity index (χ2v) is 6.54. The van der Waals surface area contributed by atoms with E-state index in [0.29, 0.717) is 5.56 Å². The van der Waals surface area contributed by atoms with Gasteiger partial charge in [-0.25, -0.2) is 0 Å². The van der Waals surface area contributed by atoms with Gasteiger partial charge in [-0.1, -0.05) is 27.6 Å². The van der Waals surface area contributed by atoms with Crippen molar-refractivity contribution < 1.29 is 9.59 Å². The molecule has 1 heterocycles. The number of fused-ring (bicyclic) bond motifs is 1. The van der Waals surface area contributed by atoms with Crippen molar-refractivity contribution in [1.29, 1.82) is 0 Å². The normalized spacial score (nSPS) is 21.1. The predicted octanol–water partition coefficient (Wildman–Crippen LogP) is 2.84. The van der Waals surface area contributed by atoms with E-state index in [9.17, 15) is 9.59 Å². The van der Waals surface area contributed by atoms with Gasteiger partial charge in [0.1, 0.15) is 5.54 Å². The molecule has 1 spiro atoms. The van der Waals surface area contributed by atoms with Gasteiger partial charge in [-0.2, -0.15) is 0 Å². The Balaban J connectivity index is 2.15. The first-order chi connectivity index (χ1) is 8.47. The molecule has 1 aromatic rings. The summed E-state index contributed by atoms with van der Waals surface area (Å²) in [4.78, 5) is 26.2. The zero-order valence-electron chi connectivity index (χ0n) is 10.4. The molecule has 1 saturated carbocycles. The molecule has 0 bridgehead atoms. The number of Topliss-reactive ketones (excluding diaryl/α,β-unsaturated/α-hetero) is 1. The van der Waals surface area contributed by atoms with Gasteiger partial charge in [-0.05, 0) is 38.8 Å². The summed E-state index contributed by atoms with van der Waals surface area (Å²) >= 11 is 3.31. The summed E-state index contributed by atoms with van der Waals surface area (Å²) in [5.74, 6) is 0.0890. The lowest BCUT2D eigenvalue weighted by Gasteiger charge is -2.25. The topological polar surface area (TPSA) is 37.4 Å². The van der Waals surface area contributed by atoms with E-state index in [1.807, 2.05) is 25.1 Å². The van der Waals surface area contributed by atoms with Crippen LogP contribution in [-0.2, 0) is 4.79 Å². The third-order valence-electron chi connectivity index (χ3n) is 3.77. The number of anilines is 1. The number of benzene rings is 1. The Labute approximate surface area is 114 Å². The van der Waals surface area contributed by atoms with Crippen LogP contribution in [0.25, 0.3) is 0 Å². The van der Waals surface area contributed by atoms with Crippen LogP contribution in [0.15, 0.2) is 18.2 Å². The van der Waals surface area contributed by atoms with E-state index in [1.165, 1.54) is 0 Å². The molecular weight excluding hydrogens is 294 g/mol. The van der Waals surface area contributed by atoms with Crippen molar-refractivity contribution in [1.82, 2.24) is 0 Å². The minimum Gasteiger partial charge on any atom is -0.297 e. The van der Waals surface area contributed by atoms with Crippen molar-refractivity contribution in [3.63, 3.8) is 0 Å². The number of hydrogen-bond donors (Lipinski definition) is 0. The molecule has 1 amide bonds. The number of carbonyl (C=O) groups excluding carboxylic acids is 2. The first kappa shape index (κ1) is 11.9. The molecule has 3 rings (SSSR count). The van der Waals surface area contributed by atoms with Crippen molar-refractivity contribution in [2.45, 2.75) is 37.1 Å². The quantitative estimate of drug-likeness (QED) is 0.748. The van der Waals surface area contributed by atoms with Crippen LogP contribution in [0, 0.1) is 6.92 Å². The number of halogens is 1. The molecule has 1 fully saturated rings. The van der Waals surface area contributed by atoms with Crippen molar-refractivity contribution in [3.8, 4) is 0 Å². The van der Waals surface area contributed by atoms with Crippen molar-refractivity contribution in [2.24, 2.45) is 0 Å². The van der Waals surface area contributed by atoms with Gasteiger partial charge in [-0.3, -0.25) is 14.5 Å². The highest BCUT2D eigenvalue weighted by molar-refractivity contribution is 9.10. The summed E-state index contributed by atoms with van der Waals surface area (Å²) in [5.41, 5.74) is 1.97. The Morgan fingerprint density at radius 2 is 2.11 bits per heavy atom. The fraction of sp³-hybridized carbons (Fsp3) is 0.429. The molecule has 2 aliphatic rings. The number of alkyl halides is 1. The number of hydrogen-bond acceptors (Lipinski definition) is 2. The van der Waals surface area contributed by atoms with Crippen LogP contribution in [0.2, 0.25) is 0 Å². The van der Waals surface area contributed by atoms with Crippen LogP contribution in [-0.4, -0.2) is 22.1 Å². The fourth-order valence-corrected chi connectivity index (χ4v) is 2.89. The Hall–Kier alpha value is -1.16. The molecule has 1 aromatic carbocycles. The summed E-state index contributed by atoms with van der Waals surface area (Å²) in [5, 5.41) is 0. The van der Waals surface area contributed by atoms with E-state index in [1.54, 1.807) is 11.8 Å². The SMILES string of the molecule is Cc1ccc2c(c1)C(=O)C1(CC1)N2C(=O)C(C)Br. The maximum atomic E-state index is 12.5. The van der Waals surface area contributed by atoms with E-state index in [0.717, 1.165) is 24.1 Å². The van der Waals surface area contributed by atoms with Crippen LogP contribution in [0.3, 0.4) is 0 Å². The molecule has 4 heteroatoms. The molecule has 1 unspecified atom stereocenters. The van der Waals surface area contributed by atoms with Gasteiger partial charge in [0.2, 0.25) is 5.91 Å². The van der Waals surface area contributed by atoms with Crippen molar-refractivity contribution in [3.05, 3.63) is 29.3 Å². The Kier molecular flexibility index (Phi) is 2.43. The average molecular weight is 308 g/mol. The third-order valence-corrected chi connectivity index (χ3v) is 4.16. The number of amides is 1. The molecular formula is C14H14BrNO2. The second-order valence-electron chi connectivity index (χ2n) is 5.17. The van der Waals surface area contributed by atoms with Crippen molar-refractivity contribution >= 4 is 33.3 Å². The summed E-state index contributed by atoms with van der Waals surface area (Å²) in [7, 11) is 0. The fourth-order valence-electron chi connectivity index (χ4n) is 2.69. The van der Waals surface area contributed by atoms with Gasteiger partial charge in [0.05, 0.1) is 10.5 Å². The Morgan fingerprint density at radius 3 is 2.67 bits per heavy atom. The molecule has 1 aliphatic carbocycles. The number of ketones is 1. The number of rotatable bonds is 1. The van der Waals surface area contributed by atoms with Crippen LogP contribution < -0.4 is 4.90 Å². The minimum absolute atomic E-state index is 0.0246. The van der Waals surface area contributed by atoms with Crippen molar-refractivity contribution in [2.75, 3.05) is 4.90 Å². The molecule has 1 atom stereocenters.